The fourth-order valence-corrected chi connectivity index (χ4v) is 4.33. The van der Waals surface area contributed by atoms with Gasteiger partial charge in [0, 0.05) is 17.8 Å². The smallest absolute Gasteiger partial charge is 0.291 e. The van der Waals surface area contributed by atoms with E-state index in [-0.39, 0.29) is 16.4 Å². The molecule has 31 heavy (non-hydrogen) atoms. The van der Waals surface area contributed by atoms with Crippen molar-refractivity contribution >= 4 is 21.4 Å². The summed E-state index contributed by atoms with van der Waals surface area (Å²) >= 11 is 0. The van der Waals surface area contributed by atoms with Crippen LogP contribution in [0.3, 0.4) is 0 Å². The summed E-state index contributed by atoms with van der Waals surface area (Å²) in [7, 11) is 0.432. The number of carbonyl (C=O) groups is 1. The van der Waals surface area contributed by atoms with Crippen molar-refractivity contribution in [1.82, 2.24) is 4.90 Å². The van der Waals surface area contributed by atoms with Gasteiger partial charge in [0.15, 0.2) is 15.6 Å². The van der Waals surface area contributed by atoms with Crippen LogP contribution >= 0.6 is 0 Å². The summed E-state index contributed by atoms with van der Waals surface area (Å²) in [6.07, 6.45) is 2.23. The molecular formula is C23H26N2O5S. The lowest BCUT2D eigenvalue weighted by atomic mass is 10.2. The Balaban J connectivity index is 1.61. The first-order valence-electron chi connectivity index (χ1n) is 9.88. The molecule has 0 fully saturated rings. The van der Waals surface area contributed by atoms with Gasteiger partial charge in [0.25, 0.3) is 5.91 Å². The lowest BCUT2D eigenvalue weighted by Gasteiger charge is -2.11. The number of hydrogen-bond acceptors (Lipinski definition) is 6. The molecule has 0 spiro atoms. The van der Waals surface area contributed by atoms with Crippen molar-refractivity contribution in [2.24, 2.45) is 0 Å². The van der Waals surface area contributed by atoms with Gasteiger partial charge in [0.2, 0.25) is 0 Å². The largest absolute Gasteiger partial charge is 0.494 e. The summed E-state index contributed by atoms with van der Waals surface area (Å²) in [6.45, 7) is 1.55. The molecule has 0 bridgehead atoms. The van der Waals surface area contributed by atoms with Crippen molar-refractivity contribution in [3.63, 3.8) is 0 Å². The Labute approximate surface area is 182 Å². The summed E-state index contributed by atoms with van der Waals surface area (Å²) in [6, 6.07) is 16.6. The van der Waals surface area contributed by atoms with E-state index < -0.39 is 15.7 Å². The maximum absolute atomic E-state index is 12.6. The molecule has 0 aliphatic carbocycles. The monoisotopic (exact) mass is 442 g/mol. The van der Waals surface area contributed by atoms with Crippen molar-refractivity contribution in [1.29, 1.82) is 0 Å². The molecule has 164 valence electrons. The molecule has 0 saturated heterocycles. The molecule has 7 nitrogen and oxygen atoms in total. The molecule has 1 heterocycles. The molecule has 1 N–H and O–H groups in total. The Morgan fingerprint density at radius 1 is 1.03 bits per heavy atom. The van der Waals surface area contributed by atoms with E-state index >= 15 is 0 Å². The maximum atomic E-state index is 12.6. The van der Waals surface area contributed by atoms with Crippen LogP contribution in [0.25, 0.3) is 0 Å². The Morgan fingerprint density at radius 3 is 2.42 bits per heavy atom. The van der Waals surface area contributed by atoms with Crippen LogP contribution in [0.1, 0.15) is 22.5 Å². The van der Waals surface area contributed by atoms with Crippen LogP contribution in [0.2, 0.25) is 0 Å². The summed E-state index contributed by atoms with van der Waals surface area (Å²) in [5.74, 6) is -0.147. The Morgan fingerprint density at radius 2 is 1.74 bits per heavy atom. The molecule has 8 heteroatoms. The molecule has 0 saturated carbocycles. The van der Waals surface area contributed by atoms with Gasteiger partial charge in [-0.05, 0) is 63.0 Å². The van der Waals surface area contributed by atoms with Crippen LogP contribution in [0.4, 0.5) is 5.69 Å². The molecule has 0 atom stereocenters. The Hall–Kier alpha value is -3.10. The first kappa shape index (κ1) is 22.6. The number of amides is 1. The number of carbonyl (C=O) groups excluding carboxylic acids is 1. The molecule has 1 aromatic heterocycles. The van der Waals surface area contributed by atoms with E-state index in [0.29, 0.717) is 23.6 Å². The number of nitrogens with zero attached hydrogens (tertiary/aromatic N) is 1. The second kappa shape index (κ2) is 10.3. The van der Waals surface area contributed by atoms with Gasteiger partial charge in [0.1, 0.15) is 5.75 Å². The lowest BCUT2D eigenvalue weighted by molar-refractivity contribution is 0.0995. The van der Waals surface area contributed by atoms with Gasteiger partial charge in [0.05, 0.1) is 23.5 Å². The van der Waals surface area contributed by atoms with Crippen molar-refractivity contribution in [2.45, 2.75) is 17.1 Å². The highest BCUT2D eigenvalue weighted by Gasteiger charge is 2.22. The summed E-state index contributed by atoms with van der Waals surface area (Å²) in [4.78, 5) is 14.9. The first-order valence-corrected chi connectivity index (χ1v) is 11.5. The normalized spacial score (nSPS) is 11.5. The van der Waals surface area contributed by atoms with Crippen LogP contribution in [0, 0.1) is 0 Å². The topological polar surface area (TPSA) is 88.8 Å². The fraction of sp³-hybridized carbons (Fsp3) is 0.261. The van der Waals surface area contributed by atoms with Crippen LogP contribution in [-0.4, -0.2) is 46.5 Å². The molecular weight excluding hydrogens is 416 g/mol. The third kappa shape index (κ3) is 6.44. The Bertz CT molecular complexity index is 1090. The van der Waals surface area contributed by atoms with Crippen LogP contribution in [0.15, 0.2) is 76.2 Å². The zero-order chi connectivity index (χ0) is 22.3. The minimum absolute atomic E-state index is 0.0245. The molecule has 3 aromatic rings. The molecule has 0 aliphatic rings. The molecule has 0 aliphatic heterocycles. The van der Waals surface area contributed by atoms with Gasteiger partial charge >= 0.3 is 0 Å². The van der Waals surface area contributed by atoms with Gasteiger partial charge in [-0.2, -0.15) is 0 Å². The number of hydrogen-bond donors (Lipinski definition) is 1. The van der Waals surface area contributed by atoms with Crippen molar-refractivity contribution in [2.75, 3.05) is 32.6 Å². The van der Waals surface area contributed by atoms with Crippen LogP contribution in [-0.2, 0) is 15.6 Å². The third-order valence-corrected chi connectivity index (χ3v) is 6.21. The first-order chi connectivity index (χ1) is 14.8. The predicted molar refractivity (Wildman–Crippen MR) is 119 cm³/mol. The third-order valence-electron chi connectivity index (χ3n) is 4.53. The van der Waals surface area contributed by atoms with Gasteiger partial charge < -0.3 is 19.4 Å². The maximum Gasteiger partial charge on any atom is 0.291 e. The van der Waals surface area contributed by atoms with E-state index in [2.05, 4.69) is 10.2 Å². The molecule has 1 amide bonds. The van der Waals surface area contributed by atoms with Crippen LogP contribution < -0.4 is 10.1 Å². The number of nitrogens with one attached hydrogen (secondary N) is 1. The number of furan rings is 1. The zero-order valence-electron chi connectivity index (χ0n) is 17.6. The van der Waals surface area contributed by atoms with E-state index in [4.69, 9.17) is 9.15 Å². The highest BCUT2D eigenvalue weighted by Crippen LogP contribution is 2.22. The molecule has 2 aromatic carbocycles. The second-order valence-electron chi connectivity index (χ2n) is 7.33. The van der Waals surface area contributed by atoms with Crippen molar-refractivity contribution in [3.05, 3.63) is 78.3 Å². The molecule has 0 radical (unpaired) electrons. The van der Waals surface area contributed by atoms with Crippen molar-refractivity contribution in [3.8, 4) is 5.75 Å². The zero-order valence-corrected chi connectivity index (χ0v) is 18.4. The van der Waals surface area contributed by atoms with E-state index in [0.717, 1.165) is 13.0 Å². The van der Waals surface area contributed by atoms with E-state index in [1.54, 1.807) is 42.5 Å². The van der Waals surface area contributed by atoms with E-state index in [9.17, 15) is 13.2 Å². The summed E-state index contributed by atoms with van der Waals surface area (Å²) in [5.41, 5.74) is 0.862. The van der Waals surface area contributed by atoms with Gasteiger partial charge in [-0.1, -0.05) is 18.2 Å². The van der Waals surface area contributed by atoms with Gasteiger partial charge in [-0.15, -0.1) is 0 Å². The summed E-state index contributed by atoms with van der Waals surface area (Å²) in [5, 5.41) is 2.73. The Kier molecular flexibility index (Phi) is 7.49. The number of rotatable bonds is 10. The molecule has 3 rings (SSSR count). The number of ether oxygens (including phenoxy) is 1. The highest BCUT2D eigenvalue weighted by molar-refractivity contribution is 7.90. The van der Waals surface area contributed by atoms with E-state index in [1.807, 2.05) is 14.1 Å². The minimum atomic E-state index is -3.59. The number of sulfone groups is 1. The van der Waals surface area contributed by atoms with E-state index in [1.165, 1.54) is 24.5 Å². The summed E-state index contributed by atoms with van der Waals surface area (Å²) < 4.78 is 36.2. The lowest BCUT2D eigenvalue weighted by Crippen LogP contribution is -2.15. The SMILES string of the molecule is CN(C)CCCOc1ccc(NC(=O)c2occc2CS(=O)(=O)c2ccccc2)cc1. The quantitative estimate of drug-likeness (QED) is 0.480. The van der Waals surface area contributed by atoms with Crippen LogP contribution in [0.5, 0.6) is 5.75 Å². The van der Waals surface area contributed by atoms with Crippen molar-refractivity contribution < 1.29 is 22.4 Å². The average molecular weight is 443 g/mol. The standard InChI is InChI=1S/C23H26N2O5S/c1-25(2)14-6-15-29-20-11-9-19(10-12-20)24-23(26)22-18(13-16-30-22)17-31(27,28)21-7-4-3-5-8-21/h3-5,7-13,16H,6,14-15,17H2,1-2H3,(H,24,26). The number of benzene rings is 2. The highest BCUT2D eigenvalue weighted by atomic mass is 32.2. The van der Waals surface area contributed by atoms with Gasteiger partial charge in [-0.25, -0.2) is 8.42 Å². The minimum Gasteiger partial charge on any atom is -0.494 e. The number of anilines is 1. The fourth-order valence-electron chi connectivity index (χ4n) is 2.96. The predicted octanol–water partition coefficient (Wildman–Crippen LogP) is 3.84. The second-order valence-corrected chi connectivity index (χ2v) is 9.32. The van der Waals surface area contributed by atoms with Gasteiger partial charge in [-0.3, -0.25) is 4.79 Å². The molecule has 0 unspecified atom stereocenters. The average Bonchev–Trinajstić information content (AvgIpc) is 3.20.